The van der Waals surface area contributed by atoms with Gasteiger partial charge in [-0.05, 0) is 17.5 Å². The van der Waals surface area contributed by atoms with Crippen LogP contribution in [0.4, 0.5) is 0 Å². The number of hydrogen-bond donors (Lipinski definition) is 1. The minimum atomic E-state index is -2.08. The SMILES string of the molecule is CC(C)c1ccc2c(c1)OC1(OC=O)c3ccccc3C(=O)C21O. The Morgan fingerprint density at radius 3 is 2.62 bits per heavy atom. The second kappa shape index (κ2) is 4.68. The average molecular weight is 324 g/mol. The number of rotatable bonds is 3. The molecule has 0 aromatic heterocycles. The van der Waals surface area contributed by atoms with E-state index >= 15 is 0 Å². The predicted octanol–water partition coefficient (Wildman–Crippen LogP) is 2.61. The maximum Gasteiger partial charge on any atom is 0.322 e. The quantitative estimate of drug-likeness (QED) is 0.879. The Balaban J connectivity index is 2.00. The van der Waals surface area contributed by atoms with Crippen molar-refractivity contribution in [1.82, 2.24) is 0 Å². The van der Waals surface area contributed by atoms with Gasteiger partial charge in [-0.1, -0.05) is 50.2 Å². The van der Waals surface area contributed by atoms with Gasteiger partial charge in [0, 0.05) is 11.1 Å². The van der Waals surface area contributed by atoms with Crippen LogP contribution in [0.3, 0.4) is 0 Å². The normalized spacial score (nSPS) is 26.6. The van der Waals surface area contributed by atoms with Gasteiger partial charge in [0.2, 0.25) is 11.4 Å². The molecule has 2 aromatic carbocycles. The molecule has 2 aliphatic rings. The molecule has 0 amide bonds. The number of benzene rings is 2. The maximum atomic E-state index is 12.9. The van der Waals surface area contributed by atoms with E-state index in [0.29, 0.717) is 22.4 Å². The van der Waals surface area contributed by atoms with Gasteiger partial charge in [0.05, 0.1) is 5.56 Å². The molecule has 0 saturated heterocycles. The molecule has 0 saturated carbocycles. The fourth-order valence-electron chi connectivity index (χ4n) is 3.61. The zero-order valence-corrected chi connectivity index (χ0v) is 13.3. The van der Waals surface area contributed by atoms with E-state index in [2.05, 4.69) is 0 Å². The number of hydrogen-bond acceptors (Lipinski definition) is 5. The van der Waals surface area contributed by atoms with Crippen molar-refractivity contribution in [2.45, 2.75) is 31.2 Å². The number of Topliss-reactive ketones (excluding diaryl/α,β-unsaturated/α-hetero) is 1. The lowest BCUT2D eigenvalue weighted by atomic mass is 9.86. The van der Waals surface area contributed by atoms with Crippen LogP contribution in [-0.2, 0) is 20.9 Å². The molecule has 4 rings (SSSR count). The summed E-state index contributed by atoms with van der Waals surface area (Å²) in [7, 11) is 0. The topological polar surface area (TPSA) is 72.8 Å². The zero-order chi connectivity index (χ0) is 17.1. The highest BCUT2D eigenvalue weighted by molar-refractivity contribution is 6.09. The van der Waals surface area contributed by atoms with Crippen molar-refractivity contribution in [2.75, 3.05) is 0 Å². The Kier molecular flexibility index (Phi) is 2.90. The van der Waals surface area contributed by atoms with Crippen LogP contribution in [0, 0.1) is 0 Å². The Morgan fingerprint density at radius 2 is 1.92 bits per heavy atom. The molecular weight excluding hydrogens is 308 g/mol. The largest absolute Gasteiger partial charge is 0.444 e. The lowest BCUT2D eigenvalue weighted by molar-refractivity contribution is -0.238. The van der Waals surface area contributed by atoms with E-state index in [1.165, 1.54) is 0 Å². The van der Waals surface area contributed by atoms with Crippen LogP contribution in [0.5, 0.6) is 5.75 Å². The molecule has 1 aliphatic heterocycles. The number of carbonyl (C=O) groups is 2. The van der Waals surface area contributed by atoms with Gasteiger partial charge in [-0.2, -0.15) is 0 Å². The highest BCUT2D eigenvalue weighted by Gasteiger charge is 2.73. The summed E-state index contributed by atoms with van der Waals surface area (Å²) in [6, 6.07) is 11.9. The zero-order valence-electron chi connectivity index (χ0n) is 13.3. The first kappa shape index (κ1) is 14.9. The van der Waals surface area contributed by atoms with Crippen LogP contribution in [-0.4, -0.2) is 17.4 Å². The van der Waals surface area contributed by atoms with E-state index in [0.717, 1.165) is 5.56 Å². The molecule has 1 heterocycles. The summed E-state index contributed by atoms with van der Waals surface area (Å²) < 4.78 is 11.1. The van der Waals surface area contributed by atoms with Crippen LogP contribution < -0.4 is 4.74 Å². The maximum absolute atomic E-state index is 12.9. The molecule has 5 nitrogen and oxygen atoms in total. The van der Waals surface area contributed by atoms with Crippen LogP contribution >= 0.6 is 0 Å². The van der Waals surface area contributed by atoms with Gasteiger partial charge in [0.25, 0.3) is 6.47 Å². The molecular formula is C19H16O5. The summed E-state index contributed by atoms with van der Waals surface area (Å²) in [5, 5.41) is 11.3. The molecule has 0 bridgehead atoms. The summed E-state index contributed by atoms with van der Waals surface area (Å²) in [5.41, 5.74) is -0.121. The Labute approximate surface area is 138 Å². The molecule has 1 N–H and O–H groups in total. The number of carbonyl (C=O) groups excluding carboxylic acids is 2. The smallest absolute Gasteiger partial charge is 0.322 e. The van der Waals surface area contributed by atoms with E-state index in [1.807, 2.05) is 19.9 Å². The third kappa shape index (κ3) is 1.52. The second-order valence-electron chi connectivity index (χ2n) is 6.43. The van der Waals surface area contributed by atoms with E-state index < -0.39 is 17.2 Å². The average Bonchev–Trinajstić information content (AvgIpc) is 2.93. The molecule has 5 heteroatoms. The predicted molar refractivity (Wildman–Crippen MR) is 84.7 cm³/mol. The third-order valence-corrected chi connectivity index (χ3v) is 4.86. The lowest BCUT2D eigenvalue weighted by Crippen LogP contribution is -2.50. The molecule has 24 heavy (non-hydrogen) atoms. The van der Waals surface area contributed by atoms with E-state index in [-0.39, 0.29) is 12.4 Å². The minimum Gasteiger partial charge on any atom is -0.444 e. The summed E-state index contributed by atoms with van der Waals surface area (Å²) >= 11 is 0. The van der Waals surface area contributed by atoms with Crippen molar-refractivity contribution in [2.24, 2.45) is 0 Å². The number of aliphatic hydroxyl groups is 1. The fourth-order valence-corrected chi connectivity index (χ4v) is 3.61. The Bertz CT molecular complexity index is 872. The molecule has 122 valence electrons. The molecule has 0 fully saturated rings. The number of fused-ring (bicyclic) bond motifs is 5. The summed E-state index contributed by atoms with van der Waals surface area (Å²) in [4.78, 5) is 24.1. The number of ketones is 1. The van der Waals surface area contributed by atoms with Crippen LogP contribution in [0.1, 0.15) is 46.8 Å². The monoisotopic (exact) mass is 324 g/mol. The van der Waals surface area contributed by atoms with Crippen LogP contribution in [0.15, 0.2) is 42.5 Å². The van der Waals surface area contributed by atoms with Crippen molar-refractivity contribution in [3.8, 4) is 5.75 Å². The molecule has 2 aromatic rings. The first-order valence-corrected chi connectivity index (χ1v) is 7.77. The first-order chi connectivity index (χ1) is 11.5. The van der Waals surface area contributed by atoms with Crippen LogP contribution in [0.25, 0.3) is 0 Å². The van der Waals surface area contributed by atoms with Gasteiger partial charge < -0.3 is 14.6 Å². The van der Waals surface area contributed by atoms with Crippen molar-refractivity contribution in [3.05, 3.63) is 64.7 Å². The molecule has 0 spiro atoms. The Morgan fingerprint density at radius 1 is 1.17 bits per heavy atom. The highest BCUT2D eigenvalue weighted by Crippen LogP contribution is 2.59. The van der Waals surface area contributed by atoms with E-state index in [1.54, 1.807) is 36.4 Å². The molecule has 1 aliphatic carbocycles. The van der Waals surface area contributed by atoms with Gasteiger partial charge in [0.1, 0.15) is 5.75 Å². The Hall–Kier alpha value is -2.66. The van der Waals surface area contributed by atoms with Gasteiger partial charge in [-0.3, -0.25) is 9.59 Å². The van der Waals surface area contributed by atoms with Crippen molar-refractivity contribution < 1.29 is 24.2 Å². The summed E-state index contributed by atoms with van der Waals surface area (Å²) in [6.07, 6.45) is 0. The van der Waals surface area contributed by atoms with E-state index in [9.17, 15) is 14.7 Å². The van der Waals surface area contributed by atoms with Gasteiger partial charge in [0.15, 0.2) is 0 Å². The molecule has 2 unspecified atom stereocenters. The first-order valence-electron chi connectivity index (χ1n) is 7.77. The highest BCUT2D eigenvalue weighted by atomic mass is 16.7. The third-order valence-electron chi connectivity index (χ3n) is 4.86. The standard InChI is InChI=1S/C19H16O5/c1-11(2)12-7-8-15-16(9-12)24-19(23-10-20)14-6-4-3-5-13(14)17(21)18(15,19)22/h3-11,22H,1-2H3. The van der Waals surface area contributed by atoms with Gasteiger partial charge in [-0.25, -0.2) is 0 Å². The second-order valence-corrected chi connectivity index (χ2v) is 6.43. The fraction of sp³-hybridized carbons (Fsp3) is 0.263. The van der Waals surface area contributed by atoms with Crippen LogP contribution in [0.2, 0.25) is 0 Å². The lowest BCUT2D eigenvalue weighted by Gasteiger charge is -2.31. The number of ether oxygens (including phenoxy) is 2. The summed E-state index contributed by atoms with van der Waals surface area (Å²) in [6.45, 7) is 4.27. The minimum absolute atomic E-state index is 0.204. The summed E-state index contributed by atoms with van der Waals surface area (Å²) in [5.74, 6) is -1.80. The molecule has 0 radical (unpaired) electrons. The van der Waals surface area contributed by atoms with Crippen molar-refractivity contribution in [1.29, 1.82) is 0 Å². The van der Waals surface area contributed by atoms with Crippen molar-refractivity contribution in [3.63, 3.8) is 0 Å². The van der Waals surface area contributed by atoms with Gasteiger partial charge >= 0.3 is 5.79 Å². The van der Waals surface area contributed by atoms with E-state index in [4.69, 9.17) is 9.47 Å². The molecule has 2 atom stereocenters. The van der Waals surface area contributed by atoms with Crippen molar-refractivity contribution >= 4 is 12.3 Å². The van der Waals surface area contributed by atoms with Gasteiger partial charge in [-0.15, -0.1) is 0 Å².